The largest absolute Gasteiger partial charge is 0.436 e. The quantitative estimate of drug-likeness (QED) is 0.804. The van der Waals surface area contributed by atoms with Crippen molar-refractivity contribution in [3.63, 3.8) is 0 Å². The molecule has 3 heterocycles. The lowest BCUT2D eigenvalue weighted by Gasteiger charge is -2.26. The molecule has 2 N–H and O–H groups in total. The van der Waals surface area contributed by atoms with Crippen LogP contribution in [0.4, 0.5) is 4.39 Å². The first-order chi connectivity index (χ1) is 14.0. The number of fused-ring (bicyclic) bond motifs is 1. The first-order valence-electron chi connectivity index (χ1n) is 9.39. The number of carbonyl (C=O) groups excluding carboxylic acids is 1. The molecule has 0 saturated heterocycles. The van der Waals surface area contributed by atoms with Crippen LogP contribution in [0.3, 0.4) is 0 Å². The summed E-state index contributed by atoms with van der Waals surface area (Å²) in [6.07, 6.45) is 8.30. The van der Waals surface area contributed by atoms with E-state index in [1.165, 1.54) is 24.0 Å². The standard InChI is InChI=1S/C22H21FN4O2/c1-3-19-14(2)27-13-16(8-11-20(27)26-19)25-21(28)15-6-9-17(10-7-15)29-22-18(23)5-4-12-24-22/h4-13,20,26H,3H2,1-2H3,(H,25,28). The number of rotatable bonds is 5. The molecule has 2 aromatic rings. The number of amides is 1. The van der Waals surface area contributed by atoms with Gasteiger partial charge in [-0.2, -0.15) is 0 Å². The van der Waals surface area contributed by atoms with E-state index in [1.807, 2.05) is 18.4 Å². The van der Waals surface area contributed by atoms with Gasteiger partial charge in [0.15, 0.2) is 5.82 Å². The third kappa shape index (κ3) is 3.85. The Kier molecular flexibility index (Phi) is 5.03. The molecule has 2 aliphatic heterocycles. The Bertz CT molecular complexity index is 1030. The minimum absolute atomic E-state index is 0.0917. The molecule has 0 bridgehead atoms. The molecular weight excluding hydrogens is 371 g/mol. The van der Waals surface area contributed by atoms with Gasteiger partial charge in [0.05, 0.1) is 5.70 Å². The van der Waals surface area contributed by atoms with Gasteiger partial charge < -0.3 is 20.3 Å². The number of ether oxygens (including phenoxy) is 1. The van der Waals surface area contributed by atoms with Crippen molar-refractivity contribution in [1.29, 1.82) is 0 Å². The van der Waals surface area contributed by atoms with Crippen LogP contribution in [0.5, 0.6) is 11.6 Å². The lowest BCUT2D eigenvalue weighted by Crippen LogP contribution is -2.36. The van der Waals surface area contributed by atoms with Crippen molar-refractivity contribution in [2.45, 2.75) is 26.4 Å². The second-order valence-corrected chi connectivity index (χ2v) is 6.73. The van der Waals surface area contributed by atoms with Crippen molar-refractivity contribution in [1.82, 2.24) is 20.5 Å². The van der Waals surface area contributed by atoms with Gasteiger partial charge in [0.2, 0.25) is 0 Å². The smallest absolute Gasteiger partial charge is 0.255 e. The second-order valence-electron chi connectivity index (χ2n) is 6.73. The highest BCUT2D eigenvalue weighted by molar-refractivity contribution is 5.95. The Morgan fingerprint density at radius 1 is 1.31 bits per heavy atom. The molecule has 0 spiro atoms. The van der Waals surface area contributed by atoms with Crippen LogP contribution < -0.4 is 15.4 Å². The summed E-state index contributed by atoms with van der Waals surface area (Å²) in [5.74, 6) is -0.490. The van der Waals surface area contributed by atoms with Crippen LogP contribution in [-0.2, 0) is 0 Å². The van der Waals surface area contributed by atoms with E-state index in [1.54, 1.807) is 24.3 Å². The highest BCUT2D eigenvalue weighted by atomic mass is 19.1. The van der Waals surface area contributed by atoms with Gasteiger partial charge in [-0.25, -0.2) is 9.37 Å². The van der Waals surface area contributed by atoms with Gasteiger partial charge in [-0.05, 0) is 61.9 Å². The molecule has 0 fully saturated rings. The average Bonchev–Trinajstić information content (AvgIpc) is 3.05. The molecule has 29 heavy (non-hydrogen) atoms. The van der Waals surface area contributed by atoms with Crippen LogP contribution in [0.1, 0.15) is 30.6 Å². The summed E-state index contributed by atoms with van der Waals surface area (Å²) in [6, 6.07) is 9.23. The summed E-state index contributed by atoms with van der Waals surface area (Å²) in [5.41, 5.74) is 3.53. The monoisotopic (exact) mass is 392 g/mol. The molecule has 1 atom stereocenters. The van der Waals surface area contributed by atoms with Crippen LogP contribution >= 0.6 is 0 Å². The fourth-order valence-corrected chi connectivity index (χ4v) is 3.29. The predicted octanol–water partition coefficient (Wildman–Crippen LogP) is 4.03. The first-order valence-corrected chi connectivity index (χ1v) is 9.39. The van der Waals surface area contributed by atoms with E-state index in [0.717, 1.165) is 12.1 Å². The molecule has 1 aromatic carbocycles. The Morgan fingerprint density at radius 2 is 2.10 bits per heavy atom. The van der Waals surface area contributed by atoms with E-state index in [4.69, 9.17) is 4.74 Å². The van der Waals surface area contributed by atoms with Gasteiger partial charge in [-0.15, -0.1) is 0 Å². The number of nitrogens with zero attached hydrogens (tertiary/aromatic N) is 2. The number of hydrogen-bond acceptors (Lipinski definition) is 5. The van der Waals surface area contributed by atoms with Crippen LogP contribution in [0.15, 0.2) is 78.0 Å². The van der Waals surface area contributed by atoms with Crippen molar-refractivity contribution in [3.8, 4) is 11.6 Å². The number of halogens is 1. The number of hydrogen-bond donors (Lipinski definition) is 2. The first kappa shape index (κ1) is 18.7. The molecular formula is C22H21FN4O2. The summed E-state index contributed by atoms with van der Waals surface area (Å²) < 4.78 is 19.0. The zero-order chi connectivity index (χ0) is 20.4. The Labute approximate surface area is 168 Å². The molecule has 1 unspecified atom stereocenters. The molecule has 148 valence electrons. The van der Waals surface area contributed by atoms with E-state index >= 15 is 0 Å². The van der Waals surface area contributed by atoms with E-state index in [0.29, 0.717) is 17.0 Å². The Hall–Kier alpha value is -3.61. The van der Waals surface area contributed by atoms with Gasteiger partial charge >= 0.3 is 0 Å². The fourth-order valence-electron chi connectivity index (χ4n) is 3.29. The lowest BCUT2D eigenvalue weighted by molar-refractivity contribution is 0.0966. The number of allylic oxidation sites excluding steroid dienone is 3. The Morgan fingerprint density at radius 3 is 2.83 bits per heavy atom. The van der Waals surface area contributed by atoms with Crippen molar-refractivity contribution < 1.29 is 13.9 Å². The molecule has 7 heteroatoms. The van der Waals surface area contributed by atoms with Gasteiger partial charge in [0, 0.05) is 29.4 Å². The van der Waals surface area contributed by atoms with Crippen molar-refractivity contribution in [2.24, 2.45) is 0 Å². The molecule has 1 aromatic heterocycles. The van der Waals surface area contributed by atoms with Crippen molar-refractivity contribution in [3.05, 3.63) is 89.4 Å². The van der Waals surface area contributed by atoms with Gasteiger partial charge in [0.25, 0.3) is 11.8 Å². The highest BCUT2D eigenvalue weighted by Crippen LogP contribution is 2.26. The van der Waals surface area contributed by atoms with Gasteiger partial charge in [-0.1, -0.05) is 6.92 Å². The summed E-state index contributed by atoms with van der Waals surface area (Å²) in [5, 5.41) is 6.35. The van der Waals surface area contributed by atoms with Gasteiger partial charge in [-0.3, -0.25) is 4.79 Å². The summed E-state index contributed by atoms with van der Waals surface area (Å²) in [7, 11) is 0. The minimum atomic E-state index is -0.546. The fraction of sp³-hybridized carbons (Fsp3) is 0.182. The SMILES string of the molecule is CCC1=C(C)N2C=C(NC(=O)c3ccc(Oc4ncccc4F)cc3)C=CC2N1. The lowest BCUT2D eigenvalue weighted by atomic mass is 10.2. The second kappa shape index (κ2) is 7.79. The van der Waals surface area contributed by atoms with E-state index in [2.05, 4.69) is 34.4 Å². The van der Waals surface area contributed by atoms with Crippen LogP contribution in [0, 0.1) is 5.82 Å². The maximum absolute atomic E-state index is 13.6. The summed E-state index contributed by atoms with van der Waals surface area (Å²) >= 11 is 0. The molecule has 6 nitrogen and oxygen atoms in total. The number of benzene rings is 1. The number of pyridine rings is 1. The average molecular weight is 392 g/mol. The highest BCUT2D eigenvalue weighted by Gasteiger charge is 2.27. The maximum atomic E-state index is 13.6. The van der Waals surface area contributed by atoms with Gasteiger partial charge in [0.1, 0.15) is 11.9 Å². The van der Waals surface area contributed by atoms with E-state index in [9.17, 15) is 9.18 Å². The number of aromatic nitrogens is 1. The normalized spacial score (nSPS) is 17.6. The molecule has 0 radical (unpaired) electrons. The zero-order valence-electron chi connectivity index (χ0n) is 16.1. The van der Waals surface area contributed by atoms with E-state index < -0.39 is 5.82 Å². The number of nitrogens with one attached hydrogen (secondary N) is 2. The van der Waals surface area contributed by atoms with E-state index in [-0.39, 0.29) is 18.0 Å². The molecule has 0 aliphatic carbocycles. The van der Waals surface area contributed by atoms with Crippen molar-refractivity contribution in [2.75, 3.05) is 0 Å². The third-order valence-electron chi connectivity index (χ3n) is 4.85. The molecule has 2 aliphatic rings. The summed E-state index contributed by atoms with van der Waals surface area (Å²) in [6.45, 7) is 4.17. The topological polar surface area (TPSA) is 66.5 Å². The zero-order valence-corrected chi connectivity index (χ0v) is 16.1. The molecule has 4 rings (SSSR count). The summed E-state index contributed by atoms with van der Waals surface area (Å²) in [4.78, 5) is 18.5. The Balaban J connectivity index is 1.43. The molecule has 0 saturated carbocycles. The molecule has 1 amide bonds. The van der Waals surface area contributed by atoms with Crippen LogP contribution in [0.25, 0.3) is 0 Å². The van der Waals surface area contributed by atoms with Crippen LogP contribution in [-0.4, -0.2) is 22.0 Å². The predicted molar refractivity (Wildman–Crippen MR) is 107 cm³/mol. The number of carbonyl (C=O) groups is 1. The van der Waals surface area contributed by atoms with Crippen molar-refractivity contribution >= 4 is 5.91 Å². The minimum Gasteiger partial charge on any atom is -0.436 e. The maximum Gasteiger partial charge on any atom is 0.255 e. The third-order valence-corrected chi connectivity index (χ3v) is 4.85. The van der Waals surface area contributed by atoms with Crippen LogP contribution in [0.2, 0.25) is 0 Å².